The minimum atomic E-state index is -4.72. The van der Waals surface area contributed by atoms with Gasteiger partial charge in [0.25, 0.3) is 0 Å². The van der Waals surface area contributed by atoms with Crippen molar-refractivity contribution < 1.29 is 47.8 Å². The molecule has 0 heterocycles. The molecule has 0 radical (unpaired) electrons. The Hall–Kier alpha value is -1.52. The van der Waals surface area contributed by atoms with Gasteiger partial charge in [0, 0.05) is 12.8 Å². The number of hydrogen-bond acceptors (Lipinski definition) is 8. The van der Waals surface area contributed by atoms with E-state index in [-0.39, 0.29) is 12.8 Å². The zero-order valence-corrected chi connectivity index (χ0v) is 24.1. The Morgan fingerprint density at radius 3 is 1.74 bits per heavy atom. The Balaban J connectivity index is 4.14. The first-order valence-electron chi connectivity index (χ1n) is 14.1. The summed E-state index contributed by atoms with van der Waals surface area (Å²) in [5.41, 5.74) is 0. The third-order valence-corrected chi connectivity index (χ3v) is 6.85. The fourth-order valence-electron chi connectivity index (χ4n) is 3.61. The van der Waals surface area contributed by atoms with E-state index < -0.39 is 57.6 Å². The van der Waals surface area contributed by atoms with Crippen LogP contribution in [0.15, 0.2) is 0 Å². The lowest BCUT2D eigenvalue weighted by Crippen LogP contribution is -2.43. The van der Waals surface area contributed by atoms with Crippen molar-refractivity contribution in [2.45, 2.75) is 129 Å². The summed E-state index contributed by atoms with van der Waals surface area (Å²) in [7, 11) is -4.72. The lowest BCUT2D eigenvalue weighted by atomic mass is 10.1. The third-order valence-electron chi connectivity index (χ3n) is 5.90. The summed E-state index contributed by atoms with van der Waals surface area (Å²) in [6, 6.07) is -1.53. The SMILES string of the molecule is CCCCCCCCCCC(=O)NC(COP(=O)(O)OCC(O)COC(=O)CCCCCCCC)C(=O)O. The number of carbonyl (C=O) groups is 3. The summed E-state index contributed by atoms with van der Waals surface area (Å²) >= 11 is 0. The van der Waals surface area contributed by atoms with Crippen molar-refractivity contribution in [1.82, 2.24) is 5.32 Å². The molecule has 3 unspecified atom stereocenters. The quantitative estimate of drug-likeness (QED) is 0.0642. The molecule has 0 aliphatic carbocycles. The molecule has 0 rings (SSSR count). The van der Waals surface area contributed by atoms with Gasteiger partial charge in [0.1, 0.15) is 12.7 Å². The van der Waals surface area contributed by atoms with Crippen LogP contribution in [0.2, 0.25) is 0 Å². The van der Waals surface area contributed by atoms with Crippen LogP contribution < -0.4 is 5.32 Å². The van der Waals surface area contributed by atoms with Crippen LogP contribution in [0.5, 0.6) is 0 Å². The summed E-state index contributed by atoms with van der Waals surface area (Å²) < 4.78 is 26.3. The molecule has 0 aromatic rings. The van der Waals surface area contributed by atoms with Crippen molar-refractivity contribution in [3.05, 3.63) is 0 Å². The van der Waals surface area contributed by atoms with E-state index >= 15 is 0 Å². The largest absolute Gasteiger partial charge is 0.480 e. The average molecular weight is 568 g/mol. The highest BCUT2D eigenvalue weighted by atomic mass is 31.2. The van der Waals surface area contributed by atoms with Crippen molar-refractivity contribution in [2.75, 3.05) is 19.8 Å². The van der Waals surface area contributed by atoms with Gasteiger partial charge >= 0.3 is 19.8 Å². The van der Waals surface area contributed by atoms with Gasteiger partial charge in [-0.2, -0.15) is 0 Å². The second-order valence-electron chi connectivity index (χ2n) is 9.60. The van der Waals surface area contributed by atoms with Gasteiger partial charge in [0.2, 0.25) is 5.91 Å². The van der Waals surface area contributed by atoms with E-state index in [1.165, 1.54) is 32.1 Å². The molecule has 12 heteroatoms. The molecule has 0 fully saturated rings. The molecule has 4 N–H and O–H groups in total. The minimum absolute atomic E-state index is 0.149. The van der Waals surface area contributed by atoms with Gasteiger partial charge in [-0.25, -0.2) is 9.36 Å². The summed E-state index contributed by atoms with van der Waals surface area (Å²) in [5.74, 6) is -2.39. The summed E-state index contributed by atoms with van der Waals surface area (Å²) in [6.07, 6.45) is 13.5. The lowest BCUT2D eigenvalue weighted by Gasteiger charge is -2.18. The van der Waals surface area contributed by atoms with Gasteiger partial charge in [-0.1, -0.05) is 90.9 Å². The standard InChI is InChI=1S/C26H50NO10P/c1-3-5-7-9-11-12-13-15-17-24(29)27-23(26(31)32)21-37-38(33,34)36-20-22(28)19-35-25(30)18-16-14-10-8-6-4-2/h22-23,28H,3-21H2,1-2H3,(H,27,29)(H,31,32)(H,33,34). The first-order chi connectivity index (χ1) is 18.1. The Morgan fingerprint density at radius 2 is 1.21 bits per heavy atom. The molecule has 0 aliphatic rings. The fraction of sp³-hybridized carbons (Fsp3) is 0.885. The van der Waals surface area contributed by atoms with Crippen LogP contribution in [0.1, 0.15) is 117 Å². The number of hydrogen-bond donors (Lipinski definition) is 4. The second kappa shape index (κ2) is 23.4. The lowest BCUT2D eigenvalue weighted by molar-refractivity contribution is -0.147. The molecule has 0 aromatic carbocycles. The molecular formula is C26H50NO10P. The van der Waals surface area contributed by atoms with Gasteiger partial charge in [-0.05, 0) is 12.8 Å². The number of phosphoric ester groups is 1. The molecule has 0 aliphatic heterocycles. The van der Waals surface area contributed by atoms with Gasteiger partial charge in [0.05, 0.1) is 13.2 Å². The third kappa shape index (κ3) is 22.5. The molecule has 11 nitrogen and oxygen atoms in total. The number of phosphoric acid groups is 1. The number of nitrogens with one attached hydrogen (secondary N) is 1. The number of unbranched alkanes of at least 4 members (excludes halogenated alkanes) is 12. The maximum atomic E-state index is 12.1. The van der Waals surface area contributed by atoms with Gasteiger partial charge < -0.3 is 25.2 Å². The Kier molecular flexibility index (Phi) is 22.4. The van der Waals surface area contributed by atoms with Crippen molar-refractivity contribution in [1.29, 1.82) is 0 Å². The number of aliphatic carboxylic acids is 1. The number of carboxylic acids is 1. The molecule has 0 saturated heterocycles. The topological polar surface area (TPSA) is 169 Å². The Bertz CT molecular complexity index is 691. The van der Waals surface area contributed by atoms with E-state index in [9.17, 15) is 34.1 Å². The number of carbonyl (C=O) groups excluding carboxylic acids is 2. The molecule has 0 spiro atoms. The van der Waals surface area contributed by atoms with E-state index in [0.29, 0.717) is 12.8 Å². The van der Waals surface area contributed by atoms with Crippen LogP contribution in [0, 0.1) is 0 Å². The second-order valence-corrected chi connectivity index (χ2v) is 11.1. The summed E-state index contributed by atoms with van der Waals surface area (Å²) in [6.45, 7) is 2.40. The fourth-order valence-corrected chi connectivity index (χ4v) is 4.38. The predicted octanol–water partition coefficient (Wildman–Crippen LogP) is 4.87. The van der Waals surface area contributed by atoms with E-state index in [1.54, 1.807) is 0 Å². The first kappa shape index (κ1) is 36.5. The number of esters is 1. The molecule has 3 atom stereocenters. The van der Waals surface area contributed by atoms with Crippen molar-refractivity contribution in [3.8, 4) is 0 Å². The number of aliphatic hydroxyl groups excluding tert-OH is 1. The number of carboxylic acid groups (broad SMARTS) is 1. The van der Waals surface area contributed by atoms with Gasteiger partial charge in [0.15, 0.2) is 6.04 Å². The molecule has 0 saturated carbocycles. The zero-order valence-electron chi connectivity index (χ0n) is 23.2. The van der Waals surface area contributed by atoms with Crippen LogP contribution in [0.3, 0.4) is 0 Å². The van der Waals surface area contributed by atoms with Crippen molar-refractivity contribution in [2.24, 2.45) is 0 Å². The highest BCUT2D eigenvalue weighted by molar-refractivity contribution is 7.47. The predicted molar refractivity (Wildman–Crippen MR) is 143 cm³/mol. The maximum Gasteiger partial charge on any atom is 0.472 e. The first-order valence-corrected chi connectivity index (χ1v) is 15.6. The number of amides is 1. The Morgan fingerprint density at radius 1 is 0.737 bits per heavy atom. The summed E-state index contributed by atoms with van der Waals surface area (Å²) in [5, 5.41) is 21.4. The van der Waals surface area contributed by atoms with Gasteiger partial charge in [-0.15, -0.1) is 0 Å². The number of rotatable bonds is 26. The molecule has 0 bridgehead atoms. The normalized spacial score (nSPS) is 14.4. The number of ether oxygens (including phenoxy) is 1. The van der Waals surface area contributed by atoms with Crippen molar-refractivity contribution >= 4 is 25.7 Å². The van der Waals surface area contributed by atoms with Gasteiger partial charge in [-0.3, -0.25) is 18.6 Å². The minimum Gasteiger partial charge on any atom is -0.480 e. The highest BCUT2D eigenvalue weighted by Crippen LogP contribution is 2.43. The van der Waals surface area contributed by atoms with Crippen LogP contribution in [-0.4, -0.2) is 64.9 Å². The average Bonchev–Trinajstić information content (AvgIpc) is 2.87. The van der Waals surface area contributed by atoms with E-state index in [2.05, 4.69) is 28.2 Å². The molecule has 1 amide bonds. The smallest absolute Gasteiger partial charge is 0.472 e. The molecule has 38 heavy (non-hydrogen) atoms. The van der Waals surface area contributed by atoms with Crippen LogP contribution in [-0.2, 0) is 32.7 Å². The number of aliphatic hydroxyl groups is 1. The maximum absolute atomic E-state index is 12.1. The molecular weight excluding hydrogens is 517 g/mol. The Labute approximate surface area is 227 Å². The monoisotopic (exact) mass is 567 g/mol. The van der Waals surface area contributed by atoms with E-state index in [0.717, 1.165) is 44.9 Å². The molecule has 0 aromatic heterocycles. The van der Waals surface area contributed by atoms with Crippen LogP contribution >= 0.6 is 7.82 Å². The van der Waals surface area contributed by atoms with Crippen molar-refractivity contribution in [3.63, 3.8) is 0 Å². The summed E-state index contributed by atoms with van der Waals surface area (Å²) in [4.78, 5) is 45.0. The zero-order chi connectivity index (χ0) is 28.7. The van der Waals surface area contributed by atoms with Crippen LogP contribution in [0.4, 0.5) is 0 Å². The van der Waals surface area contributed by atoms with E-state index in [1.807, 2.05) is 0 Å². The van der Waals surface area contributed by atoms with Crippen LogP contribution in [0.25, 0.3) is 0 Å². The van der Waals surface area contributed by atoms with E-state index in [4.69, 9.17) is 4.74 Å². The molecule has 224 valence electrons. The highest BCUT2D eigenvalue weighted by Gasteiger charge is 2.28.